The van der Waals surface area contributed by atoms with Gasteiger partial charge < -0.3 is 10.5 Å². The summed E-state index contributed by atoms with van der Waals surface area (Å²) in [4.78, 5) is 18.7. The Morgan fingerprint density at radius 1 is 1.56 bits per heavy atom. The molecule has 0 atom stereocenters. The number of pyridine rings is 1. The van der Waals surface area contributed by atoms with Crippen molar-refractivity contribution < 1.29 is 9.53 Å². The molecule has 2 N–H and O–H groups in total. The number of aliphatic imine (C=N–C) groups is 1. The second kappa shape index (κ2) is 5.77. The summed E-state index contributed by atoms with van der Waals surface area (Å²) in [6, 6.07) is 1.79. The number of rotatable bonds is 5. The van der Waals surface area contributed by atoms with Gasteiger partial charge in [-0.3, -0.25) is 9.79 Å². The molecule has 0 aromatic carbocycles. The number of nitrogens with two attached hydrogens (primary N) is 1. The number of amides is 1. The zero-order valence-electron chi connectivity index (χ0n) is 10.4. The predicted octanol–water partition coefficient (Wildman–Crippen LogP) is 1.48. The van der Waals surface area contributed by atoms with Crippen molar-refractivity contribution in [1.29, 1.82) is 0 Å². The Morgan fingerprint density at radius 2 is 2.22 bits per heavy atom. The Balaban J connectivity index is 2.91. The van der Waals surface area contributed by atoms with Gasteiger partial charge in [0.1, 0.15) is 5.70 Å². The number of ether oxygens (including phenoxy) is 1. The molecular weight excluding hydrogens is 230 g/mol. The minimum Gasteiger partial charge on any atom is -0.481 e. The van der Waals surface area contributed by atoms with Crippen molar-refractivity contribution in [3.05, 3.63) is 42.2 Å². The Hall–Kier alpha value is -2.43. The van der Waals surface area contributed by atoms with E-state index in [-0.39, 0.29) is 5.70 Å². The zero-order valence-corrected chi connectivity index (χ0v) is 10.4. The summed E-state index contributed by atoms with van der Waals surface area (Å²) < 4.78 is 5.01. The molecule has 0 aliphatic rings. The van der Waals surface area contributed by atoms with Gasteiger partial charge in [-0.2, -0.15) is 0 Å². The molecule has 1 heterocycles. The van der Waals surface area contributed by atoms with Gasteiger partial charge in [0.25, 0.3) is 5.91 Å². The minimum atomic E-state index is -0.663. The number of carbonyl (C=O) groups is 1. The third-order valence-electron chi connectivity index (χ3n) is 2.30. The molecule has 0 aliphatic heterocycles. The summed E-state index contributed by atoms with van der Waals surface area (Å²) in [5.74, 6) is -0.133. The molecule has 94 valence electrons. The van der Waals surface area contributed by atoms with Gasteiger partial charge in [-0.05, 0) is 18.1 Å². The first-order chi connectivity index (χ1) is 8.45. The molecule has 0 unspecified atom stereocenters. The lowest BCUT2D eigenvalue weighted by Crippen LogP contribution is -2.11. The van der Waals surface area contributed by atoms with Crippen LogP contribution >= 0.6 is 0 Å². The Bertz CT molecular complexity index is 533. The van der Waals surface area contributed by atoms with Crippen molar-refractivity contribution in [2.45, 2.75) is 6.92 Å². The molecule has 0 fully saturated rings. The van der Waals surface area contributed by atoms with E-state index in [4.69, 9.17) is 10.5 Å². The van der Waals surface area contributed by atoms with E-state index >= 15 is 0 Å². The van der Waals surface area contributed by atoms with Crippen molar-refractivity contribution in [2.75, 3.05) is 7.11 Å². The van der Waals surface area contributed by atoms with Crippen LogP contribution in [0, 0.1) is 6.92 Å². The molecule has 0 spiro atoms. The summed E-state index contributed by atoms with van der Waals surface area (Å²) in [6.07, 6.45) is 3.07. The standard InChI is InChI=1S/C13H15N3O2/c1-8-5-12(18-4)16-7-11(8)9(2)6-15-10(3)13(14)17/h5-7H,2-3H2,1,4H3,(H2,14,17)/b15-6+. The topological polar surface area (TPSA) is 77.6 Å². The number of hydrogen-bond acceptors (Lipinski definition) is 4. The molecule has 1 amide bonds. The number of methoxy groups -OCH3 is 1. The number of nitrogens with zero attached hydrogens (tertiary/aromatic N) is 2. The third-order valence-corrected chi connectivity index (χ3v) is 2.30. The van der Waals surface area contributed by atoms with Crippen LogP contribution in [0.5, 0.6) is 5.88 Å². The normalized spacial score (nSPS) is 10.3. The van der Waals surface area contributed by atoms with Gasteiger partial charge in [0.05, 0.1) is 7.11 Å². The maximum absolute atomic E-state index is 10.7. The Labute approximate surface area is 106 Å². The van der Waals surface area contributed by atoms with Gasteiger partial charge in [-0.25, -0.2) is 4.98 Å². The van der Waals surface area contributed by atoms with Gasteiger partial charge in [0.2, 0.25) is 5.88 Å². The lowest BCUT2D eigenvalue weighted by atomic mass is 10.1. The number of aryl methyl sites for hydroxylation is 1. The molecule has 18 heavy (non-hydrogen) atoms. The van der Waals surface area contributed by atoms with E-state index in [1.165, 1.54) is 6.21 Å². The van der Waals surface area contributed by atoms with E-state index in [0.717, 1.165) is 11.1 Å². The molecule has 1 aromatic rings. The molecule has 0 bridgehead atoms. The first-order valence-corrected chi connectivity index (χ1v) is 5.18. The van der Waals surface area contributed by atoms with Gasteiger partial charge >= 0.3 is 0 Å². The maximum Gasteiger partial charge on any atom is 0.266 e. The molecule has 5 heteroatoms. The van der Waals surface area contributed by atoms with E-state index in [1.54, 1.807) is 19.4 Å². The van der Waals surface area contributed by atoms with Crippen molar-refractivity contribution in [1.82, 2.24) is 4.98 Å². The van der Waals surface area contributed by atoms with E-state index in [1.807, 2.05) is 6.92 Å². The number of primary amides is 1. The number of aromatic nitrogens is 1. The fourth-order valence-corrected chi connectivity index (χ4v) is 1.27. The van der Waals surface area contributed by atoms with Crippen LogP contribution < -0.4 is 10.5 Å². The number of allylic oxidation sites excluding steroid dienone is 1. The number of carbonyl (C=O) groups excluding carboxylic acids is 1. The highest BCUT2D eigenvalue weighted by atomic mass is 16.5. The van der Waals surface area contributed by atoms with Crippen molar-refractivity contribution in [3.63, 3.8) is 0 Å². The maximum atomic E-state index is 10.7. The van der Waals surface area contributed by atoms with Gasteiger partial charge in [-0.1, -0.05) is 13.2 Å². The minimum absolute atomic E-state index is 0.0183. The van der Waals surface area contributed by atoms with Gasteiger partial charge in [0, 0.05) is 24.0 Å². The molecule has 5 nitrogen and oxygen atoms in total. The Morgan fingerprint density at radius 3 is 2.72 bits per heavy atom. The second-order valence-electron chi connectivity index (χ2n) is 3.64. The van der Waals surface area contributed by atoms with Gasteiger partial charge in [0.15, 0.2) is 0 Å². The van der Waals surface area contributed by atoms with Crippen LogP contribution in [0.3, 0.4) is 0 Å². The summed E-state index contributed by atoms with van der Waals surface area (Å²) >= 11 is 0. The Kier molecular flexibility index (Phi) is 4.37. The molecular formula is C13H15N3O2. The fraction of sp³-hybridized carbons (Fsp3) is 0.154. The SMILES string of the molecule is C=C(/N=C/C(=C)c1cnc(OC)cc1C)C(N)=O. The quantitative estimate of drug-likeness (QED) is 0.630. The highest BCUT2D eigenvalue weighted by molar-refractivity contribution is 6.10. The van der Waals surface area contributed by atoms with Crippen molar-refractivity contribution >= 4 is 17.7 Å². The number of hydrogen-bond donors (Lipinski definition) is 1. The lowest BCUT2D eigenvalue weighted by molar-refractivity contribution is -0.114. The molecule has 0 radical (unpaired) electrons. The highest BCUT2D eigenvalue weighted by Gasteiger charge is 2.04. The largest absolute Gasteiger partial charge is 0.481 e. The van der Waals surface area contributed by atoms with Crippen LogP contribution in [-0.4, -0.2) is 24.2 Å². The van der Waals surface area contributed by atoms with Crippen molar-refractivity contribution in [2.24, 2.45) is 10.7 Å². The second-order valence-corrected chi connectivity index (χ2v) is 3.64. The molecule has 0 saturated carbocycles. The van der Waals surface area contributed by atoms with Crippen LogP contribution in [0.15, 0.2) is 36.1 Å². The third kappa shape index (κ3) is 3.28. The first kappa shape index (κ1) is 13.6. The summed E-state index contributed by atoms with van der Waals surface area (Å²) in [7, 11) is 1.55. The molecule has 1 rings (SSSR count). The van der Waals surface area contributed by atoms with Crippen LogP contribution in [-0.2, 0) is 4.79 Å². The average molecular weight is 245 g/mol. The fourth-order valence-electron chi connectivity index (χ4n) is 1.27. The summed E-state index contributed by atoms with van der Waals surface area (Å²) in [6.45, 7) is 9.17. The van der Waals surface area contributed by atoms with Crippen molar-refractivity contribution in [3.8, 4) is 5.88 Å². The predicted molar refractivity (Wildman–Crippen MR) is 71.4 cm³/mol. The van der Waals surface area contributed by atoms with Gasteiger partial charge in [-0.15, -0.1) is 0 Å². The molecule has 0 aliphatic carbocycles. The van der Waals surface area contributed by atoms with E-state index in [9.17, 15) is 4.79 Å². The van der Waals surface area contributed by atoms with Crippen LogP contribution in [0.2, 0.25) is 0 Å². The van der Waals surface area contributed by atoms with E-state index in [2.05, 4.69) is 23.1 Å². The van der Waals surface area contributed by atoms with E-state index < -0.39 is 5.91 Å². The summed E-state index contributed by atoms with van der Waals surface area (Å²) in [5.41, 5.74) is 7.38. The van der Waals surface area contributed by atoms with Crippen LogP contribution in [0.1, 0.15) is 11.1 Å². The smallest absolute Gasteiger partial charge is 0.266 e. The highest BCUT2D eigenvalue weighted by Crippen LogP contribution is 2.18. The summed E-state index contributed by atoms with van der Waals surface area (Å²) in [5, 5.41) is 0. The first-order valence-electron chi connectivity index (χ1n) is 5.18. The van der Waals surface area contributed by atoms with E-state index in [0.29, 0.717) is 11.5 Å². The average Bonchev–Trinajstić information content (AvgIpc) is 2.34. The lowest BCUT2D eigenvalue weighted by Gasteiger charge is -2.06. The van der Waals surface area contributed by atoms with Crippen LogP contribution in [0.25, 0.3) is 5.57 Å². The molecule has 0 saturated heterocycles. The van der Waals surface area contributed by atoms with Crippen LogP contribution in [0.4, 0.5) is 0 Å². The molecule has 1 aromatic heterocycles. The monoisotopic (exact) mass is 245 g/mol. The zero-order chi connectivity index (χ0) is 13.7.